The van der Waals surface area contributed by atoms with Gasteiger partial charge in [-0.25, -0.2) is 0 Å². The van der Waals surface area contributed by atoms with Crippen LogP contribution < -0.4 is 14.8 Å². The Balaban J connectivity index is 2.16. The summed E-state index contributed by atoms with van der Waals surface area (Å²) in [5.74, 6) is 1.85. The highest BCUT2D eigenvalue weighted by atomic mass is 79.9. The fourth-order valence-electron chi connectivity index (χ4n) is 3.43. The van der Waals surface area contributed by atoms with Crippen molar-refractivity contribution in [2.45, 2.75) is 45.6 Å². The van der Waals surface area contributed by atoms with Crippen molar-refractivity contribution in [1.82, 2.24) is 5.32 Å². The van der Waals surface area contributed by atoms with E-state index in [1.807, 2.05) is 7.05 Å². The van der Waals surface area contributed by atoms with Gasteiger partial charge in [0, 0.05) is 22.5 Å². The topological polar surface area (TPSA) is 30.5 Å². The Morgan fingerprint density at radius 3 is 2.81 bits per heavy atom. The first kappa shape index (κ1) is 15.2. The molecule has 1 N–H and O–H groups in total. The molecule has 1 aliphatic carbocycles. The Labute approximate surface area is 135 Å². The van der Waals surface area contributed by atoms with Gasteiger partial charge in [0.15, 0.2) is 11.5 Å². The van der Waals surface area contributed by atoms with Crippen molar-refractivity contribution < 1.29 is 9.47 Å². The van der Waals surface area contributed by atoms with Crippen molar-refractivity contribution >= 4 is 15.9 Å². The molecule has 1 unspecified atom stereocenters. The average Bonchev–Trinajstić information content (AvgIpc) is 2.73. The van der Waals surface area contributed by atoms with Gasteiger partial charge < -0.3 is 14.8 Å². The molecule has 1 aromatic rings. The zero-order chi connectivity index (χ0) is 15.0. The molecule has 1 aliphatic heterocycles. The Morgan fingerprint density at radius 1 is 1.29 bits per heavy atom. The predicted octanol–water partition coefficient (Wildman–Crippen LogP) is 4.23. The average molecular weight is 354 g/mol. The number of benzene rings is 1. The van der Waals surface area contributed by atoms with Crippen molar-refractivity contribution in [1.29, 1.82) is 0 Å². The zero-order valence-electron chi connectivity index (χ0n) is 13.1. The molecule has 0 spiro atoms. The molecule has 1 aromatic carbocycles. The standard InChI is InChI=1S/C17H24BrNO2/c1-17(2)6-5-11-12(18)9-14-16(21-8-4-7-20-14)15(11)13(10-17)19-3/h9,13,19H,4-8,10H2,1-3H3. The molecule has 0 bridgehead atoms. The zero-order valence-corrected chi connectivity index (χ0v) is 14.7. The van der Waals surface area contributed by atoms with E-state index >= 15 is 0 Å². The van der Waals surface area contributed by atoms with Crippen LogP contribution in [0.2, 0.25) is 0 Å². The molecule has 3 rings (SSSR count). The second kappa shape index (κ2) is 5.81. The van der Waals surface area contributed by atoms with Crippen LogP contribution in [0.3, 0.4) is 0 Å². The number of ether oxygens (including phenoxy) is 2. The lowest BCUT2D eigenvalue weighted by Gasteiger charge is -2.27. The van der Waals surface area contributed by atoms with Gasteiger partial charge in [0.25, 0.3) is 0 Å². The lowest BCUT2D eigenvalue weighted by Crippen LogP contribution is -2.23. The summed E-state index contributed by atoms with van der Waals surface area (Å²) in [6.07, 6.45) is 4.33. The number of fused-ring (bicyclic) bond motifs is 3. The van der Waals surface area contributed by atoms with E-state index in [1.165, 1.54) is 17.5 Å². The minimum Gasteiger partial charge on any atom is -0.490 e. The van der Waals surface area contributed by atoms with Crippen LogP contribution in [0.25, 0.3) is 0 Å². The van der Waals surface area contributed by atoms with Gasteiger partial charge in [-0.05, 0) is 43.4 Å². The highest BCUT2D eigenvalue weighted by Gasteiger charge is 2.34. The molecule has 0 saturated carbocycles. The smallest absolute Gasteiger partial charge is 0.166 e. The lowest BCUT2D eigenvalue weighted by atomic mass is 9.83. The normalized spacial score (nSPS) is 23.9. The molecule has 0 fully saturated rings. The van der Waals surface area contributed by atoms with E-state index in [0.29, 0.717) is 11.5 Å². The first-order chi connectivity index (χ1) is 10.0. The summed E-state index contributed by atoms with van der Waals surface area (Å²) in [6, 6.07) is 2.40. The van der Waals surface area contributed by atoms with Crippen LogP contribution in [-0.4, -0.2) is 20.3 Å². The van der Waals surface area contributed by atoms with E-state index < -0.39 is 0 Å². The van der Waals surface area contributed by atoms with Crippen LogP contribution >= 0.6 is 15.9 Å². The summed E-state index contributed by atoms with van der Waals surface area (Å²) in [5.41, 5.74) is 3.00. The first-order valence-corrected chi connectivity index (χ1v) is 8.59. The fourth-order valence-corrected chi connectivity index (χ4v) is 4.05. The highest BCUT2D eigenvalue weighted by molar-refractivity contribution is 9.10. The van der Waals surface area contributed by atoms with Crippen LogP contribution in [0.4, 0.5) is 0 Å². The molecular weight excluding hydrogens is 330 g/mol. The van der Waals surface area contributed by atoms with Gasteiger partial charge >= 0.3 is 0 Å². The second-order valence-corrected chi connectivity index (χ2v) is 7.69. The minimum atomic E-state index is 0.311. The lowest BCUT2D eigenvalue weighted by molar-refractivity contribution is 0.272. The third-order valence-electron chi connectivity index (χ3n) is 4.64. The van der Waals surface area contributed by atoms with Crippen molar-refractivity contribution in [3.05, 3.63) is 21.7 Å². The maximum atomic E-state index is 6.07. The van der Waals surface area contributed by atoms with Crippen LogP contribution in [0.5, 0.6) is 11.5 Å². The van der Waals surface area contributed by atoms with E-state index in [1.54, 1.807) is 0 Å². The van der Waals surface area contributed by atoms with Crippen LogP contribution in [-0.2, 0) is 6.42 Å². The monoisotopic (exact) mass is 353 g/mol. The van der Waals surface area contributed by atoms with Gasteiger partial charge in [-0.1, -0.05) is 29.8 Å². The summed E-state index contributed by atoms with van der Waals surface area (Å²) in [4.78, 5) is 0. The van der Waals surface area contributed by atoms with Gasteiger partial charge in [-0.2, -0.15) is 0 Å². The molecule has 21 heavy (non-hydrogen) atoms. The van der Waals surface area contributed by atoms with Crippen molar-refractivity contribution in [2.75, 3.05) is 20.3 Å². The summed E-state index contributed by atoms with van der Waals surface area (Å²) in [7, 11) is 2.04. The van der Waals surface area contributed by atoms with Gasteiger partial charge in [0.2, 0.25) is 0 Å². The van der Waals surface area contributed by atoms with Crippen LogP contribution in [0.1, 0.15) is 50.3 Å². The van der Waals surface area contributed by atoms with E-state index in [-0.39, 0.29) is 0 Å². The minimum absolute atomic E-state index is 0.311. The molecule has 0 radical (unpaired) electrons. The number of nitrogens with one attached hydrogen (secondary N) is 1. The van der Waals surface area contributed by atoms with E-state index in [2.05, 4.69) is 41.2 Å². The number of rotatable bonds is 1. The molecular formula is C17H24BrNO2. The number of halogens is 1. The molecule has 0 saturated heterocycles. The summed E-state index contributed by atoms with van der Waals surface area (Å²) in [5, 5.41) is 3.50. The van der Waals surface area contributed by atoms with Crippen LogP contribution in [0, 0.1) is 5.41 Å². The Morgan fingerprint density at radius 2 is 2.05 bits per heavy atom. The maximum absolute atomic E-state index is 6.07. The second-order valence-electron chi connectivity index (χ2n) is 6.84. The Hall–Kier alpha value is -0.740. The van der Waals surface area contributed by atoms with E-state index in [0.717, 1.165) is 48.4 Å². The SMILES string of the molecule is CNC1CC(C)(C)CCc2c(Br)cc3c(c21)OCCCO3. The molecule has 1 heterocycles. The first-order valence-electron chi connectivity index (χ1n) is 7.80. The molecule has 2 aliphatic rings. The van der Waals surface area contributed by atoms with E-state index in [9.17, 15) is 0 Å². The van der Waals surface area contributed by atoms with Crippen molar-refractivity contribution in [3.63, 3.8) is 0 Å². The summed E-state index contributed by atoms with van der Waals surface area (Å²) < 4.78 is 13.1. The molecule has 116 valence electrons. The highest BCUT2D eigenvalue weighted by Crippen LogP contribution is 2.49. The van der Waals surface area contributed by atoms with Gasteiger partial charge in [0.1, 0.15) is 0 Å². The van der Waals surface area contributed by atoms with Gasteiger partial charge in [0.05, 0.1) is 13.2 Å². The van der Waals surface area contributed by atoms with Crippen molar-refractivity contribution in [2.24, 2.45) is 5.41 Å². The third-order valence-corrected chi connectivity index (χ3v) is 5.35. The third kappa shape index (κ3) is 2.93. The molecule has 3 nitrogen and oxygen atoms in total. The predicted molar refractivity (Wildman–Crippen MR) is 88.3 cm³/mol. The van der Waals surface area contributed by atoms with Crippen molar-refractivity contribution in [3.8, 4) is 11.5 Å². The Bertz CT molecular complexity index is 542. The summed E-state index contributed by atoms with van der Waals surface area (Å²) in [6.45, 7) is 6.18. The van der Waals surface area contributed by atoms with Gasteiger partial charge in [-0.3, -0.25) is 0 Å². The largest absolute Gasteiger partial charge is 0.490 e. The Kier molecular flexibility index (Phi) is 4.19. The van der Waals surface area contributed by atoms with E-state index in [4.69, 9.17) is 9.47 Å². The molecule has 0 aromatic heterocycles. The molecule has 0 amide bonds. The maximum Gasteiger partial charge on any atom is 0.166 e. The van der Waals surface area contributed by atoms with Crippen LogP contribution in [0.15, 0.2) is 10.5 Å². The quantitative estimate of drug-likeness (QED) is 0.766. The number of hydrogen-bond acceptors (Lipinski definition) is 3. The van der Waals surface area contributed by atoms with Gasteiger partial charge in [-0.15, -0.1) is 0 Å². The fraction of sp³-hybridized carbons (Fsp3) is 0.647. The molecule has 4 heteroatoms. The summed E-state index contributed by atoms with van der Waals surface area (Å²) >= 11 is 3.75. The number of hydrogen-bond donors (Lipinski definition) is 1. The molecule has 1 atom stereocenters.